The van der Waals surface area contributed by atoms with Gasteiger partial charge in [0.25, 0.3) is 0 Å². The average Bonchev–Trinajstić information content (AvgIpc) is 3.00. The maximum Gasteiger partial charge on any atom is 0.195 e. The number of phenols is 1. The Bertz CT molecular complexity index is 786. The van der Waals surface area contributed by atoms with Crippen LogP contribution in [-0.2, 0) is 0 Å². The van der Waals surface area contributed by atoms with Gasteiger partial charge in [-0.25, -0.2) is 0 Å². The molecule has 0 radical (unpaired) electrons. The highest BCUT2D eigenvalue weighted by Gasteiger charge is 2.06. The molecule has 0 saturated carbocycles. The molecule has 1 N–H and O–H groups in total. The van der Waals surface area contributed by atoms with Crippen LogP contribution in [0.5, 0.6) is 5.75 Å². The highest BCUT2D eigenvalue weighted by Crippen LogP contribution is 2.28. The molecule has 0 aliphatic carbocycles. The number of ketones is 1. The second kappa shape index (κ2) is 5.31. The minimum absolute atomic E-state index is 0.0488. The van der Waals surface area contributed by atoms with Crippen LogP contribution in [0.3, 0.4) is 0 Å². The molecule has 0 aliphatic rings. The SMILES string of the molecule is O=C(/C=C/c1c(O)ccc2ccccc12)c1cccs1. The summed E-state index contributed by atoms with van der Waals surface area (Å²) in [5.74, 6) is 0.131. The predicted octanol–water partition coefficient (Wildman–Crippen LogP) is 4.50. The van der Waals surface area contributed by atoms with Gasteiger partial charge in [-0.2, -0.15) is 0 Å². The topological polar surface area (TPSA) is 37.3 Å². The Morgan fingerprint density at radius 2 is 1.90 bits per heavy atom. The first-order valence-electron chi connectivity index (χ1n) is 6.22. The Hall–Kier alpha value is -2.39. The largest absolute Gasteiger partial charge is 0.507 e. The molecule has 0 unspecified atom stereocenters. The van der Waals surface area contributed by atoms with E-state index < -0.39 is 0 Å². The third-order valence-electron chi connectivity index (χ3n) is 3.11. The summed E-state index contributed by atoms with van der Waals surface area (Å²) in [7, 11) is 0. The number of thiophene rings is 1. The van der Waals surface area contributed by atoms with Crippen molar-refractivity contribution in [2.24, 2.45) is 0 Å². The molecule has 1 aromatic heterocycles. The number of fused-ring (bicyclic) bond motifs is 1. The van der Waals surface area contributed by atoms with E-state index in [9.17, 15) is 9.90 Å². The van der Waals surface area contributed by atoms with Gasteiger partial charge in [0.2, 0.25) is 0 Å². The summed E-state index contributed by atoms with van der Waals surface area (Å²) in [5, 5.41) is 13.8. The Kier molecular flexibility index (Phi) is 3.35. The van der Waals surface area contributed by atoms with Gasteiger partial charge in [0, 0.05) is 5.56 Å². The Morgan fingerprint density at radius 3 is 2.70 bits per heavy atom. The maximum absolute atomic E-state index is 12.0. The molecule has 2 aromatic carbocycles. The van der Waals surface area contributed by atoms with Gasteiger partial charge in [0.1, 0.15) is 5.75 Å². The Labute approximate surface area is 120 Å². The third-order valence-corrected chi connectivity index (χ3v) is 4.00. The van der Waals surface area contributed by atoms with Gasteiger partial charge in [0.05, 0.1) is 4.88 Å². The molecule has 0 fully saturated rings. The number of benzene rings is 2. The number of allylic oxidation sites excluding steroid dienone is 1. The van der Waals surface area contributed by atoms with E-state index in [4.69, 9.17) is 0 Å². The zero-order valence-electron chi connectivity index (χ0n) is 10.6. The monoisotopic (exact) mass is 280 g/mol. The lowest BCUT2D eigenvalue weighted by atomic mass is 10.0. The lowest BCUT2D eigenvalue weighted by Gasteiger charge is -2.04. The predicted molar refractivity (Wildman–Crippen MR) is 83.3 cm³/mol. The van der Waals surface area contributed by atoms with Crippen LogP contribution in [0.15, 0.2) is 60.0 Å². The van der Waals surface area contributed by atoms with Crippen LogP contribution in [-0.4, -0.2) is 10.9 Å². The van der Waals surface area contributed by atoms with Crippen LogP contribution in [0, 0.1) is 0 Å². The molecule has 3 rings (SSSR count). The molecule has 0 amide bonds. The molecule has 3 heteroatoms. The van der Waals surface area contributed by atoms with E-state index in [1.165, 1.54) is 17.4 Å². The van der Waals surface area contributed by atoms with Crippen molar-refractivity contribution in [1.29, 1.82) is 0 Å². The Balaban J connectivity index is 2.02. The number of phenolic OH excluding ortho intramolecular Hbond substituents is 1. The number of carbonyl (C=O) groups is 1. The van der Waals surface area contributed by atoms with Crippen LogP contribution in [0.25, 0.3) is 16.8 Å². The normalized spacial score (nSPS) is 11.2. The van der Waals surface area contributed by atoms with Gasteiger partial charge >= 0.3 is 0 Å². The van der Waals surface area contributed by atoms with Crippen LogP contribution in [0.4, 0.5) is 0 Å². The van der Waals surface area contributed by atoms with E-state index in [-0.39, 0.29) is 11.5 Å². The van der Waals surface area contributed by atoms with E-state index in [1.54, 1.807) is 18.2 Å². The van der Waals surface area contributed by atoms with E-state index in [1.807, 2.05) is 41.8 Å². The van der Waals surface area contributed by atoms with Gasteiger partial charge < -0.3 is 5.11 Å². The first-order chi connectivity index (χ1) is 9.75. The van der Waals surface area contributed by atoms with Gasteiger partial charge in [-0.05, 0) is 40.4 Å². The van der Waals surface area contributed by atoms with E-state index in [2.05, 4.69) is 0 Å². The highest BCUT2D eigenvalue weighted by molar-refractivity contribution is 7.12. The molecule has 2 nitrogen and oxygen atoms in total. The summed E-state index contributed by atoms with van der Waals surface area (Å²) in [6.45, 7) is 0. The summed E-state index contributed by atoms with van der Waals surface area (Å²) in [6.07, 6.45) is 3.19. The summed E-state index contributed by atoms with van der Waals surface area (Å²) >= 11 is 1.41. The number of rotatable bonds is 3. The summed E-state index contributed by atoms with van der Waals surface area (Å²) in [5.41, 5.74) is 0.674. The fourth-order valence-corrected chi connectivity index (χ4v) is 2.76. The fraction of sp³-hybridized carbons (Fsp3) is 0. The molecule has 0 aliphatic heterocycles. The van der Waals surface area contributed by atoms with Gasteiger partial charge in [-0.1, -0.05) is 36.4 Å². The summed E-state index contributed by atoms with van der Waals surface area (Å²) < 4.78 is 0. The lowest BCUT2D eigenvalue weighted by Crippen LogP contribution is -1.89. The first-order valence-corrected chi connectivity index (χ1v) is 7.10. The van der Waals surface area contributed by atoms with Crippen molar-refractivity contribution >= 4 is 34.0 Å². The molecule has 0 spiro atoms. The second-order valence-corrected chi connectivity index (χ2v) is 5.34. The van der Waals surface area contributed by atoms with E-state index in [0.717, 1.165) is 10.8 Å². The van der Waals surface area contributed by atoms with Crippen LogP contribution in [0.1, 0.15) is 15.2 Å². The van der Waals surface area contributed by atoms with Crippen LogP contribution in [0.2, 0.25) is 0 Å². The first kappa shape index (κ1) is 12.6. The quantitative estimate of drug-likeness (QED) is 0.566. The minimum Gasteiger partial charge on any atom is -0.507 e. The molecule has 98 valence electrons. The summed E-state index contributed by atoms with van der Waals surface area (Å²) in [4.78, 5) is 12.7. The van der Waals surface area contributed by atoms with Crippen molar-refractivity contribution < 1.29 is 9.90 Å². The van der Waals surface area contributed by atoms with Crippen LogP contribution < -0.4 is 0 Å². The fourth-order valence-electron chi connectivity index (χ4n) is 2.12. The highest BCUT2D eigenvalue weighted by atomic mass is 32.1. The molecule has 1 heterocycles. The summed E-state index contributed by atoms with van der Waals surface area (Å²) in [6, 6.07) is 14.9. The molecular formula is C17H12O2S. The van der Waals surface area contributed by atoms with Crippen molar-refractivity contribution in [3.63, 3.8) is 0 Å². The van der Waals surface area contributed by atoms with Crippen molar-refractivity contribution in [2.45, 2.75) is 0 Å². The van der Waals surface area contributed by atoms with Crippen molar-refractivity contribution in [1.82, 2.24) is 0 Å². The van der Waals surface area contributed by atoms with Crippen molar-refractivity contribution in [3.8, 4) is 5.75 Å². The third kappa shape index (κ3) is 2.36. The van der Waals surface area contributed by atoms with Gasteiger partial charge in [-0.3, -0.25) is 4.79 Å². The number of hydrogen-bond acceptors (Lipinski definition) is 3. The van der Waals surface area contributed by atoms with Crippen molar-refractivity contribution in [2.75, 3.05) is 0 Å². The molecule has 0 bridgehead atoms. The zero-order valence-corrected chi connectivity index (χ0v) is 11.4. The average molecular weight is 280 g/mol. The number of hydrogen-bond donors (Lipinski definition) is 1. The smallest absolute Gasteiger partial charge is 0.195 e. The van der Waals surface area contributed by atoms with E-state index >= 15 is 0 Å². The Morgan fingerprint density at radius 1 is 1.05 bits per heavy atom. The minimum atomic E-state index is -0.0488. The van der Waals surface area contributed by atoms with Gasteiger partial charge in [-0.15, -0.1) is 11.3 Å². The molecule has 20 heavy (non-hydrogen) atoms. The second-order valence-electron chi connectivity index (χ2n) is 4.39. The molecule has 0 saturated heterocycles. The van der Waals surface area contributed by atoms with Crippen LogP contribution >= 0.6 is 11.3 Å². The maximum atomic E-state index is 12.0. The molecule has 3 aromatic rings. The van der Waals surface area contributed by atoms with Crippen molar-refractivity contribution in [3.05, 3.63) is 70.4 Å². The number of carbonyl (C=O) groups excluding carboxylic acids is 1. The van der Waals surface area contributed by atoms with Gasteiger partial charge in [0.15, 0.2) is 5.78 Å². The standard InChI is InChI=1S/C17H12O2S/c18-15-9-7-12-4-1-2-5-13(12)14(15)8-10-16(19)17-6-3-11-20-17/h1-11,18H/b10-8+. The number of aromatic hydroxyl groups is 1. The van der Waals surface area contributed by atoms with E-state index in [0.29, 0.717) is 10.4 Å². The molecule has 0 atom stereocenters. The lowest BCUT2D eigenvalue weighted by molar-refractivity contribution is 0.105. The molecular weight excluding hydrogens is 268 g/mol. The zero-order chi connectivity index (χ0) is 13.9.